The number of benzene rings is 1. The van der Waals surface area contributed by atoms with Crippen LogP contribution in [0.1, 0.15) is 58.6 Å². The van der Waals surface area contributed by atoms with Crippen molar-refractivity contribution < 1.29 is 24.2 Å². The molecule has 0 aliphatic heterocycles. The number of anilines is 1. The average Bonchev–Trinajstić information content (AvgIpc) is 2.70. The Morgan fingerprint density at radius 1 is 1.18 bits per heavy atom. The number of hydrogen-bond donors (Lipinski definition) is 6. The maximum Gasteiger partial charge on any atom is 0.407 e. The standard InChI is InChI=1S/C24H41N5O5/c1-15(2)20(29-23(33)34-24(4,5)6)13-27-19(8-7-11-26-22(25)32)21(31)28-18-10-9-17(14-30)16(3)12-18/h9-10,12,15,19-20,27,30H,7-8,11,13-14H2,1-6H3,(H,28,31)(H,29,33)(H3,25,26,32)/t19-,20+/m0/s1. The van der Waals surface area contributed by atoms with Crippen LogP contribution in [-0.2, 0) is 16.1 Å². The Morgan fingerprint density at radius 3 is 2.38 bits per heavy atom. The smallest absolute Gasteiger partial charge is 0.407 e. The van der Waals surface area contributed by atoms with Crippen molar-refractivity contribution in [1.82, 2.24) is 16.0 Å². The number of rotatable bonds is 12. The Morgan fingerprint density at radius 2 is 1.85 bits per heavy atom. The number of aliphatic hydroxyl groups excluding tert-OH is 1. The number of urea groups is 1. The third-order valence-corrected chi connectivity index (χ3v) is 5.16. The molecule has 4 amide bonds. The molecule has 0 aliphatic rings. The van der Waals surface area contributed by atoms with Gasteiger partial charge in [-0.3, -0.25) is 4.79 Å². The van der Waals surface area contributed by atoms with E-state index >= 15 is 0 Å². The third-order valence-electron chi connectivity index (χ3n) is 5.16. The summed E-state index contributed by atoms with van der Waals surface area (Å²) in [6, 6.07) is 3.85. The molecule has 0 saturated heterocycles. The van der Waals surface area contributed by atoms with E-state index in [1.54, 1.807) is 39.0 Å². The Labute approximate surface area is 202 Å². The maximum atomic E-state index is 13.1. The minimum Gasteiger partial charge on any atom is -0.444 e. The van der Waals surface area contributed by atoms with Crippen LogP contribution in [-0.4, -0.2) is 53.9 Å². The number of aryl methyl sites for hydroxylation is 1. The fourth-order valence-corrected chi connectivity index (χ4v) is 3.21. The Balaban J connectivity index is 2.86. The molecular formula is C24H41N5O5. The lowest BCUT2D eigenvalue weighted by molar-refractivity contribution is -0.118. The molecule has 2 atom stereocenters. The van der Waals surface area contributed by atoms with Crippen molar-refractivity contribution in [2.45, 2.75) is 78.7 Å². The number of carbonyl (C=O) groups is 3. The number of ether oxygens (including phenoxy) is 1. The second-order valence-electron chi connectivity index (χ2n) is 9.68. The first kappa shape index (κ1) is 29.2. The molecule has 1 aromatic carbocycles. The monoisotopic (exact) mass is 479 g/mol. The summed E-state index contributed by atoms with van der Waals surface area (Å²) < 4.78 is 5.36. The van der Waals surface area contributed by atoms with Gasteiger partial charge in [-0.15, -0.1) is 0 Å². The number of nitrogens with two attached hydrogens (primary N) is 1. The number of primary amides is 1. The van der Waals surface area contributed by atoms with Gasteiger partial charge in [0.15, 0.2) is 0 Å². The molecule has 10 heteroatoms. The molecule has 0 fully saturated rings. The topological polar surface area (TPSA) is 155 Å². The summed E-state index contributed by atoms with van der Waals surface area (Å²) in [5.74, 6) is -0.149. The molecule has 192 valence electrons. The summed E-state index contributed by atoms with van der Waals surface area (Å²) in [6.45, 7) is 11.8. The zero-order chi connectivity index (χ0) is 25.9. The van der Waals surface area contributed by atoms with E-state index in [2.05, 4.69) is 21.3 Å². The van der Waals surface area contributed by atoms with E-state index in [1.165, 1.54) is 0 Å². The zero-order valence-corrected chi connectivity index (χ0v) is 21.2. The Kier molecular flexibility index (Phi) is 11.8. The quantitative estimate of drug-likeness (QED) is 0.253. The molecule has 1 rings (SSSR count). The molecule has 0 bridgehead atoms. The predicted octanol–water partition coefficient (Wildman–Crippen LogP) is 2.38. The van der Waals surface area contributed by atoms with Gasteiger partial charge in [-0.2, -0.15) is 0 Å². The van der Waals surface area contributed by atoms with Gasteiger partial charge in [0.25, 0.3) is 0 Å². The summed E-state index contributed by atoms with van der Waals surface area (Å²) in [4.78, 5) is 36.2. The lowest BCUT2D eigenvalue weighted by Gasteiger charge is -2.28. The normalized spacial score (nSPS) is 13.2. The SMILES string of the molecule is Cc1cc(NC(=O)[C@H](CCCNC(N)=O)NC[C@@H](NC(=O)OC(C)(C)C)C(C)C)ccc1CO. The Hall–Kier alpha value is -2.85. The van der Waals surface area contributed by atoms with Crippen LogP contribution < -0.4 is 27.0 Å². The van der Waals surface area contributed by atoms with E-state index in [0.29, 0.717) is 31.6 Å². The molecule has 7 N–H and O–H groups in total. The van der Waals surface area contributed by atoms with Crippen LogP contribution in [0, 0.1) is 12.8 Å². The van der Waals surface area contributed by atoms with Crippen LogP contribution in [0.4, 0.5) is 15.3 Å². The summed E-state index contributed by atoms with van der Waals surface area (Å²) in [7, 11) is 0. The van der Waals surface area contributed by atoms with Crippen molar-refractivity contribution in [3.63, 3.8) is 0 Å². The minimum absolute atomic E-state index is 0.0711. The number of nitrogens with one attached hydrogen (secondary N) is 4. The molecule has 0 spiro atoms. The predicted molar refractivity (Wildman–Crippen MR) is 132 cm³/mol. The molecule has 34 heavy (non-hydrogen) atoms. The van der Waals surface area contributed by atoms with E-state index in [0.717, 1.165) is 11.1 Å². The molecule has 0 aromatic heterocycles. The number of hydrogen-bond acceptors (Lipinski definition) is 6. The first-order valence-corrected chi connectivity index (χ1v) is 11.6. The highest BCUT2D eigenvalue weighted by Gasteiger charge is 2.24. The van der Waals surface area contributed by atoms with Crippen molar-refractivity contribution >= 4 is 23.7 Å². The second-order valence-corrected chi connectivity index (χ2v) is 9.68. The molecule has 0 saturated carbocycles. The first-order valence-electron chi connectivity index (χ1n) is 11.6. The van der Waals surface area contributed by atoms with Gasteiger partial charge in [0, 0.05) is 24.8 Å². The summed E-state index contributed by atoms with van der Waals surface area (Å²) >= 11 is 0. The van der Waals surface area contributed by atoms with Gasteiger partial charge in [0.1, 0.15) is 5.60 Å². The average molecular weight is 480 g/mol. The van der Waals surface area contributed by atoms with E-state index in [4.69, 9.17) is 10.5 Å². The number of alkyl carbamates (subject to hydrolysis) is 1. The van der Waals surface area contributed by atoms with Crippen molar-refractivity contribution in [3.05, 3.63) is 29.3 Å². The van der Waals surface area contributed by atoms with E-state index < -0.39 is 23.8 Å². The van der Waals surface area contributed by atoms with E-state index in [1.807, 2.05) is 20.8 Å². The van der Waals surface area contributed by atoms with Crippen molar-refractivity contribution in [1.29, 1.82) is 0 Å². The van der Waals surface area contributed by atoms with Gasteiger partial charge in [0.05, 0.1) is 12.6 Å². The third kappa shape index (κ3) is 11.3. The van der Waals surface area contributed by atoms with Gasteiger partial charge in [-0.1, -0.05) is 19.9 Å². The van der Waals surface area contributed by atoms with Crippen LogP contribution in [0.5, 0.6) is 0 Å². The lowest BCUT2D eigenvalue weighted by Crippen LogP contribution is -2.51. The van der Waals surface area contributed by atoms with Gasteiger partial charge in [-0.25, -0.2) is 9.59 Å². The van der Waals surface area contributed by atoms with Gasteiger partial charge >= 0.3 is 12.1 Å². The summed E-state index contributed by atoms with van der Waals surface area (Å²) in [5.41, 5.74) is 6.79. The number of amides is 4. The molecular weight excluding hydrogens is 438 g/mol. The zero-order valence-electron chi connectivity index (χ0n) is 21.2. The van der Waals surface area contributed by atoms with Crippen molar-refractivity contribution in [2.75, 3.05) is 18.4 Å². The summed E-state index contributed by atoms with van der Waals surface area (Å²) in [6.07, 6.45) is 0.457. The largest absolute Gasteiger partial charge is 0.444 e. The van der Waals surface area contributed by atoms with Crippen LogP contribution in [0.2, 0.25) is 0 Å². The fraction of sp³-hybridized carbons (Fsp3) is 0.625. The number of aliphatic hydroxyl groups is 1. The molecule has 0 aliphatic carbocycles. The van der Waals surface area contributed by atoms with Crippen LogP contribution in [0.3, 0.4) is 0 Å². The fourth-order valence-electron chi connectivity index (χ4n) is 3.21. The van der Waals surface area contributed by atoms with E-state index in [9.17, 15) is 19.5 Å². The molecule has 10 nitrogen and oxygen atoms in total. The Bertz CT molecular complexity index is 822. The second kappa shape index (κ2) is 13.8. The van der Waals surface area contributed by atoms with Crippen LogP contribution in [0.25, 0.3) is 0 Å². The highest BCUT2D eigenvalue weighted by atomic mass is 16.6. The van der Waals surface area contributed by atoms with Gasteiger partial charge in [0.2, 0.25) is 5.91 Å². The highest BCUT2D eigenvalue weighted by molar-refractivity contribution is 5.95. The summed E-state index contributed by atoms with van der Waals surface area (Å²) in [5, 5.41) is 20.9. The molecule has 0 heterocycles. The van der Waals surface area contributed by atoms with Gasteiger partial charge in [-0.05, 0) is 69.7 Å². The minimum atomic E-state index is -0.616. The van der Waals surface area contributed by atoms with Crippen molar-refractivity contribution in [2.24, 2.45) is 11.7 Å². The highest BCUT2D eigenvalue weighted by Crippen LogP contribution is 2.16. The number of carbonyl (C=O) groups excluding carboxylic acids is 3. The molecule has 0 unspecified atom stereocenters. The van der Waals surface area contributed by atoms with E-state index in [-0.39, 0.29) is 24.5 Å². The maximum absolute atomic E-state index is 13.1. The van der Waals surface area contributed by atoms with Crippen LogP contribution >= 0.6 is 0 Å². The van der Waals surface area contributed by atoms with Crippen molar-refractivity contribution in [3.8, 4) is 0 Å². The molecule has 0 radical (unpaired) electrons. The molecule has 1 aromatic rings. The first-order chi connectivity index (χ1) is 15.8. The lowest BCUT2D eigenvalue weighted by atomic mass is 10.0. The van der Waals surface area contributed by atoms with Crippen LogP contribution in [0.15, 0.2) is 18.2 Å². The van der Waals surface area contributed by atoms with Gasteiger partial charge < -0.3 is 36.8 Å².